The minimum Gasteiger partial charge on any atom is -0.619 e. The molecule has 0 spiro atoms. The van der Waals surface area contributed by atoms with Crippen LogP contribution >= 0.6 is 0 Å². The molecule has 0 aliphatic heterocycles. The Morgan fingerprint density at radius 3 is 2.18 bits per heavy atom. The molecule has 6 heteroatoms. The molecule has 0 aliphatic rings. The van der Waals surface area contributed by atoms with Crippen molar-refractivity contribution < 1.29 is 19.1 Å². The monoisotopic (exact) mass is 376 g/mol. The lowest BCUT2D eigenvalue weighted by atomic mass is 10.1. The maximum Gasteiger partial charge on any atom is 0.339 e. The Bertz CT molecular complexity index is 965. The minimum absolute atomic E-state index is 0.187. The minimum atomic E-state index is -1.13. The lowest BCUT2D eigenvalue weighted by molar-refractivity contribution is -0.605. The van der Waals surface area contributed by atoms with Gasteiger partial charge in [-0.25, -0.2) is 4.79 Å². The van der Waals surface area contributed by atoms with E-state index in [1.54, 1.807) is 24.3 Å². The number of carbonyl (C=O) groups is 2. The molecule has 1 atom stereocenters. The van der Waals surface area contributed by atoms with Crippen LogP contribution in [0.3, 0.4) is 0 Å². The first kappa shape index (κ1) is 19.1. The summed E-state index contributed by atoms with van der Waals surface area (Å²) in [6, 6.07) is 17.2. The van der Waals surface area contributed by atoms with Gasteiger partial charge in [0.2, 0.25) is 6.10 Å². The van der Waals surface area contributed by atoms with Crippen molar-refractivity contribution >= 4 is 17.6 Å². The largest absolute Gasteiger partial charge is 0.619 e. The number of amides is 1. The number of benzene rings is 2. The van der Waals surface area contributed by atoms with Crippen molar-refractivity contribution in [2.75, 3.05) is 5.32 Å². The predicted molar refractivity (Wildman–Crippen MR) is 105 cm³/mol. The van der Waals surface area contributed by atoms with Gasteiger partial charge in [0.1, 0.15) is 0 Å². The molecule has 3 aromatic rings. The molecule has 1 amide bonds. The molecule has 0 unspecified atom stereocenters. The van der Waals surface area contributed by atoms with Gasteiger partial charge in [0.15, 0.2) is 12.4 Å². The summed E-state index contributed by atoms with van der Waals surface area (Å²) >= 11 is 0. The van der Waals surface area contributed by atoms with Gasteiger partial charge in [-0.15, -0.1) is 0 Å². The molecule has 2 aromatic carbocycles. The fourth-order valence-electron chi connectivity index (χ4n) is 2.88. The van der Waals surface area contributed by atoms with E-state index in [0.29, 0.717) is 16.0 Å². The number of esters is 1. The fourth-order valence-corrected chi connectivity index (χ4v) is 2.88. The number of pyridine rings is 1. The smallest absolute Gasteiger partial charge is 0.339 e. The summed E-state index contributed by atoms with van der Waals surface area (Å²) in [6.45, 7) is 3.88. The highest BCUT2D eigenvalue weighted by Crippen LogP contribution is 2.22. The van der Waals surface area contributed by atoms with Crippen LogP contribution in [-0.2, 0) is 9.53 Å². The highest BCUT2D eigenvalue weighted by molar-refractivity contribution is 5.98. The van der Waals surface area contributed by atoms with Crippen LogP contribution in [0.25, 0.3) is 0 Å². The van der Waals surface area contributed by atoms with E-state index < -0.39 is 18.0 Å². The van der Waals surface area contributed by atoms with Crippen LogP contribution < -0.4 is 10.0 Å². The SMILES string of the molecule is Cc1cc(C)cc(NC(=O)[C@@H](OC(=O)c2cc[n+]([O-])cc2)c2ccccc2)c1. The summed E-state index contributed by atoms with van der Waals surface area (Å²) < 4.78 is 6.06. The molecule has 1 aromatic heterocycles. The van der Waals surface area contributed by atoms with Crippen molar-refractivity contribution in [1.29, 1.82) is 0 Å². The zero-order valence-electron chi connectivity index (χ0n) is 15.6. The van der Waals surface area contributed by atoms with Crippen LogP contribution in [-0.4, -0.2) is 11.9 Å². The van der Waals surface area contributed by atoms with Gasteiger partial charge < -0.3 is 15.3 Å². The van der Waals surface area contributed by atoms with Crippen molar-refractivity contribution in [2.45, 2.75) is 20.0 Å². The van der Waals surface area contributed by atoms with Crippen molar-refractivity contribution in [3.8, 4) is 0 Å². The number of nitrogens with zero attached hydrogens (tertiary/aromatic N) is 1. The zero-order chi connectivity index (χ0) is 20.1. The van der Waals surface area contributed by atoms with Crippen molar-refractivity contribution in [2.24, 2.45) is 0 Å². The van der Waals surface area contributed by atoms with Gasteiger partial charge in [-0.1, -0.05) is 36.4 Å². The number of nitrogens with one attached hydrogen (secondary N) is 1. The summed E-state index contributed by atoms with van der Waals surface area (Å²) in [7, 11) is 0. The van der Waals surface area contributed by atoms with E-state index in [-0.39, 0.29) is 5.56 Å². The number of carbonyl (C=O) groups excluding carboxylic acids is 2. The first-order chi connectivity index (χ1) is 13.4. The quantitative estimate of drug-likeness (QED) is 0.420. The molecule has 1 N–H and O–H groups in total. The summed E-state index contributed by atoms with van der Waals surface area (Å²) in [5, 5.41) is 14.0. The fraction of sp³-hybridized carbons (Fsp3) is 0.136. The van der Waals surface area contributed by atoms with Crippen LogP contribution in [0.1, 0.15) is 33.2 Å². The van der Waals surface area contributed by atoms with E-state index in [9.17, 15) is 14.8 Å². The van der Waals surface area contributed by atoms with Gasteiger partial charge >= 0.3 is 5.97 Å². The Balaban J connectivity index is 1.85. The maximum absolute atomic E-state index is 12.9. The Morgan fingerprint density at radius 1 is 0.964 bits per heavy atom. The van der Waals surface area contributed by atoms with Crippen molar-refractivity contribution in [3.05, 3.63) is 101 Å². The number of rotatable bonds is 5. The number of anilines is 1. The van der Waals surface area contributed by atoms with Gasteiger partial charge in [-0.3, -0.25) is 4.79 Å². The predicted octanol–water partition coefficient (Wildman–Crippen LogP) is 3.47. The molecule has 0 saturated heterocycles. The summed E-state index contributed by atoms with van der Waals surface area (Å²) in [6.07, 6.45) is 1.27. The highest BCUT2D eigenvalue weighted by Gasteiger charge is 2.26. The summed E-state index contributed by atoms with van der Waals surface area (Å²) in [5.41, 5.74) is 3.39. The Hall–Kier alpha value is -3.67. The first-order valence-electron chi connectivity index (χ1n) is 8.76. The lowest BCUT2D eigenvalue weighted by Gasteiger charge is -2.18. The van der Waals surface area contributed by atoms with Crippen molar-refractivity contribution in [1.82, 2.24) is 0 Å². The van der Waals surface area contributed by atoms with Crippen LogP contribution in [0.2, 0.25) is 0 Å². The van der Waals surface area contributed by atoms with E-state index in [2.05, 4.69) is 5.32 Å². The molecule has 142 valence electrons. The van der Waals surface area contributed by atoms with Gasteiger partial charge in [0, 0.05) is 23.4 Å². The molecule has 0 radical (unpaired) electrons. The topological polar surface area (TPSA) is 82.3 Å². The summed E-state index contributed by atoms with van der Waals surface area (Å²) in [5.74, 6) is -1.15. The van der Waals surface area contributed by atoms with Crippen LogP contribution in [0.15, 0.2) is 73.1 Å². The Labute approximate surface area is 163 Å². The number of hydrogen-bond donors (Lipinski definition) is 1. The van der Waals surface area contributed by atoms with Gasteiger partial charge in [-0.2, -0.15) is 4.73 Å². The average molecular weight is 376 g/mol. The van der Waals surface area contributed by atoms with Gasteiger partial charge in [0.05, 0.1) is 5.56 Å². The second kappa shape index (κ2) is 8.35. The van der Waals surface area contributed by atoms with Crippen LogP contribution in [0, 0.1) is 19.1 Å². The molecule has 28 heavy (non-hydrogen) atoms. The van der Waals surface area contributed by atoms with E-state index in [4.69, 9.17) is 4.74 Å². The van der Waals surface area contributed by atoms with E-state index in [1.807, 2.05) is 38.1 Å². The molecule has 0 bridgehead atoms. The number of aryl methyl sites for hydroxylation is 2. The summed E-state index contributed by atoms with van der Waals surface area (Å²) in [4.78, 5) is 25.4. The molecule has 0 fully saturated rings. The van der Waals surface area contributed by atoms with Crippen LogP contribution in [0.5, 0.6) is 0 Å². The third-order valence-corrected chi connectivity index (χ3v) is 4.09. The molecule has 3 rings (SSSR count). The number of ether oxygens (including phenoxy) is 1. The molecule has 0 aliphatic carbocycles. The standard InChI is InChI=1S/C22H20N2O4/c1-15-12-16(2)14-19(13-15)23-21(25)20(17-6-4-3-5-7-17)28-22(26)18-8-10-24(27)11-9-18/h3-14,20H,1-2H3,(H,23,25)/t20-/m0/s1. The first-order valence-corrected chi connectivity index (χ1v) is 8.76. The third-order valence-electron chi connectivity index (χ3n) is 4.09. The normalized spacial score (nSPS) is 11.5. The molecule has 6 nitrogen and oxygen atoms in total. The average Bonchev–Trinajstić information content (AvgIpc) is 2.66. The molecule has 0 saturated carbocycles. The zero-order valence-corrected chi connectivity index (χ0v) is 15.6. The third kappa shape index (κ3) is 4.73. The van der Waals surface area contributed by atoms with E-state index >= 15 is 0 Å². The second-order valence-electron chi connectivity index (χ2n) is 6.51. The number of hydrogen-bond acceptors (Lipinski definition) is 4. The second-order valence-corrected chi connectivity index (χ2v) is 6.51. The lowest BCUT2D eigenvalue weighted by Crippen LogP contribution is -2.27. The molecular formula is C22H20N2O4. The number of aromatic nitrogens is 1. The van der Waals surface area contributed by atoms with Crippen molar-refractivity contribution in [3.63, 3.8) is 0 Å². The van der Waals surface area contributed by atoms with E-state index in [1.165, 1.54) is 24.5 Å². The highest BCUT2D eigenvalue weighted by atomic mass is 16.5. The maximum atomic E-state index is 12.9. The van der Waals surface area contributed by atoms with Crippen LogP contribution in [0.4, 0.5) is 5.69 Å². The van der Waals surface area contributed by atoms with Gasteiger partial charge in [-0.05, 0) is 37.1 Å². The van der Waals surface area contributed by atoms with E-state index in [0.717, 1.165) is 11.1 Å². The Kier molecular flexibility index (Phi) is 5.69. The molecule has 1 heterocycles. The van der Waals surface area contributed by atoms with Gasteiger partial charge in [0.25, 0.3) is 5.91 Å². The Morgan fingerprint density at radius 2 is 1.57 bits per heavy atom. The molecular weight excluding hydrogens is 356 g/mol.